The molecule has 0 saturated carbocycles. The van der Waals surface area contributed by atoms with Crippen molar-refractivity contribution in [1.82, 2.24) is 25.0 Å². The van der Waals surface area contributed by atoms with E-state index in [0.29, 0.717) is 25.2 Å². The van der Waals surface area contributed by atoms with Gasteiger partial charge in [-0.2, -0.15) is 5.10 Å². The van der Waals surface area contributed by atoms with Crippen LogP contribution in [0.2, 0.25) is 0 Å². The highest BCUT2D eigenvalue weighted by molar-refractivity contribution is 5.96. The molecule has 8 nitrogen and oxygen atoms in total. The number of carbonyl (C=O) groups is 1. The van der Waals surface area contributed by atoms with Crippen molar-refractivity contribution in [3.8, 4) is 11.5 Å². The molecule has 0 unspecified atom stereocenters. The molecule has 1 amide bonds. The lowest BCUT2D eigenvalue weighted by atomic mass is 10.2. The van der Waals surface area contributed by atoms with E-state index in [4.69, 9.17) is 9.47 Å². The van der Waals surface area contributed by atoms with Crippen LogP contribution in [-0.4, -0.2) is 66.0 Å². The van der Waals surface area contributed by atoms with Gasteiger partial charge in [0, 0.05) is 49.4 Å². The Bertz CT molecular complexity index is 1000. The van der Waals surface area contributed by atoms with Crippen LogP contribution in [0.25, 0.3) is 11.0 Å². The van der Waals surface area contributed by atoms with E-state index < -0.39 is 0 Å². The molecule has 1 aromatic carbocycles. The Hall–Kier alpha value is -2.84. The van der Waals surface area contributed by atoms with Gasteiger partial charge in [-0.25, -0.2) is 9.67 Å². The first kappa shape index (κ1) is 20.9. The molecule has 0 bridgehead atoms. The average molecular weight is 418 g/mol. The number of piperazine rings is 1. The molecule has 0 radical (unpaired) electrons. The third-order valence-corrected chi connectivity index (χ3v) is 4.94. The molecule has 154 valence electrons. The minimum atomic E-state index is 0. The minimum Gasteiger partial charge on any atom is -0.497 e. The second-order valence-electron chi connectivity index (χ2n) is 6.66. The van der Waals surface area contributed by atoms with E-state index in [9.17, 15) is 4.79 Å². The number of nitrogens with zero attached hydrogens (tertiary/aromatic N) is 4. The summed E-state index contributed by atoms with van der Waals surface area (Å²) in [6, 6.07) is 7.55. The molecule has 0 atom stereocenters. The Morgan fingerprint density at radius 1 is 1.14 bits per heavy atom. The van der Waals surface area contributed by atoms with Crippen LogP contribution in [0.4, 0.5) is 0 Å². The number of halogens is 1. The lowest BCUT2D eigenvalue weighted by molar-refractivity contribution is 0.0735. The molecule has 3 heterocycles. The molecule has 0 aliphatic carbocycles. The van der Waals surface area contributed by atoms with Crippen molar-refractivity contribution in [2.75, 3.05) is 40.4 Å². The first-order valence-corrected chi connectivity index (χ1v) is 9.22. The number of amides is 1. The maximum atomic E-state index is 12.7. The van der Waals surface area contributed by atoms with Crippen LogP contribution in [-0.2, 0) is 6.54 Å². The van der Waals surface area contributed by atoms with Gasteiger partial charge in [-0.05, 0) is 18.2 Å². The summed E-state index contributed by atoms with van der Waals surface area (Å²) in [7, 11) is 3.25. The van der Waals surface area contributed by atoms with Crippen molar-refractivity contribution in [3.05, 3.63) is 47.8 Å². The van der Waals surface area contributed by atoms with Gasteiger partial charge in [-0.3, -0.25) is 4.79 Å². The summed E-state index contributed by atoms with van der Waals surface area (Å²) in [5.41, 5.74) is 2.29. The fraction of sp³-hybridized carbons (Fsp3) is 0.350. The van der Waals surface area contributed by atoms with E-state index >= 15 is 0 Å². The highest BCUT2D eigenvalue weighted by Crippen LogP contribution is 2.26. The smallest absolute Gasteiger partial charge is 0.255 e. The van der Waals surface area contributed by atoms with Gasteiger partial charge in [-0.15, -0.1) is 12.4 Å². The molecule has 0 spiro atoms. The molecule has 3 aromatic rings. The van der Waals surface area contributed by atoms with Crippen molar-refractivity contribution < 1.29 is 14.3 Å². The molecule has 29 heavy (non-hydrogen) atoms. The van der Waals surface area contributed by atoms with Crippen molar-refractivity contribution in [2.24, 2.45) is 0 Å². The second-order valence-corrected chi connectivity index (χ2v) is 6.66. The molecule has 1 aliphatic rings. The maximum Gasteiger partial charge on any atom is 0.255 e. The largest absolute Gasteiger partial charge is 0.497 e. The quantitative estimate of drug-likeness (QED) is 0.683. The third-order valence-electron chi connectivity index (χ3n) is 4.94. The summed E-state index contributed by atoms with van der Waals surface area (Å²) >= 11 is 0. The van der Waals surface area contributed by atoms with E-state index in [1.807, 2.05) is 29.2 Å². The van der Waals surface area contributed by atoms with E-state index in [2.05, 4.69) is 15.4 Å². The second kappa shape index (κ2) is 9.11. The zero-order valence-electron chi connectivity index (χ0n) is 16.4. The van der Waals surface area contributed by atoms with Crippen molar-refractivity contribution >= 4 is 29.3 Å². The number of benzene rings is 1. The summed E-state index contributed by atoms with van der Waals surface area (Å²) < 4.78 is 12.5. The first-order chi connectivity index (χ1) is 13.7. The Kier molecular flexibility index (Phi) is 6.56. The number of aromatic nitrogens is 3. The van der Waals surface area contributed by atoms with Gasteiger partial charge in [0.15, 0.2) is 5.65 Å². The number of carbonyl (C=O) groups excluding carboxylic acids is 1. The molecule has 9 heteroatoms. The van der Waals surface area contributed by atoms with Crippen LogP contribution < -0.4 is 14.8 Å². The highest BCUT2D eigenvalue weighted by atomic mass is 35.5. The fourth-order valence-corrected chi connectivity index (χ4v) is 3.40. The maximum absolute atomic E-state index is 12.7. The molecular weight excluding hydrogens is 394 g/mol. The van der Waals surface area contributed by atoms with E-state index in [1.165, 1.54) is 0 Å². The van der Waals surface area contributed by atoms with E-state index in [1.54, 1.807) is 31.3 Å². The number of fused-ring (bicyclic) bond motifs is 1. The van der Waals surface area contributed by atoms with Gasteiger partial charge in [0.2, 0.25) is 0 Å². The number of hydrogen-bond acceptors (Lipinski definition) is 6. The predicted molar refractivity (Wildman–Crippen MR) is 112 cm³/mol. The summed E-state index contributed by atoms with van der Waals surface area (Å²) in [5, 5.41) is 8.55. The van der Waals surface area contributed by atoms with E-state index in [-0.39, 0.29) is 18.3 Å². The van der Waals surface area contributed by atoms with Crippen LogP contribution >= 0.6 is 12.4 Å². The standard InChI is InChI=1S/C20H23N5O3.ClH/c1-27-17-4-3-14(18(10-17)28-2)13-25-19-15(12-23-25)9-16(11-22-19)20(26)24-7-5-21-6-8-24;/h3-4,9-12,21H,5-8,13H2,1-2H3;1H. The minimum absolute atomic E-state index is 0. The Morgan fingerprint density at radius 2 is 1.93 bits per heavy atom. The number of pyridine rings is 1. The zero-order valence-corrected chi connectivity index (χ0v) is 17.2. The molecule has 1 N–H and O–H groups in total. The van der Waals surface area contributed by atoms with Gasteiger partial charge in [0.25, 0.3) is 5.91 Å². The lowest BCUT2D eigenvalue weighted by Crippen LogP contribution is -2.46. The summed E-state index contributed by atoms with van der Waals surface area (Å²) in [6.45, 7) is 3.58. The van der Waals surface area contributed by atoms with Crippen LogP contribution in [0.3, 0.4) is 0 Å². The number of ether oxygens (including phenoxy) is 2. The molecule has 2 aromatic heterocycles. The van der Waals surface area contributed by atoms with Crippen LogP contribution in [0.5, 0.6) is 11.5 Å². The van der Waals surface area contributed by atoms with E-state index in [0.717, 1.165) is 41.2 Å². The van der Waals surface area contributed by atoms with Crippen LogP contribution in [0.15, 0.2) is 36.7 Å². The van der Waals surface area contributed by atoms with Crippen LogP contribution in [0, 0.1) is 0 Å². The Balaban J connectivity index is 0.00000240. The molecule has 1 fully saturated rings. The number of hydrogen-bond donors (Lipinski definition) is 1. The highest BCUT2D eigenvalue weighted by Gasteiger charge is 2.19. The zero-order chi connectivity index (χ0) is 19.5. The first-order valence-electron chi connectivity index (χ1n) is 9.22. The molecular formula is C20H24ClN5O3. The number of rotatable bonds is 5. The van der Waals surface area contributed by atoms with Crippen molar-refractivity contribution in [1.29, 1.82) is 0 Å². The van der Waals surface area contributed by atoms with Gasteiger partial charge in [0.1, 0.15) is 11.5 Å². The predicted octanol–water partition coefficient (Wildman–Crippen LogP) is 1.96. The topological polar surface area (TPSA) is 81.5 Å². The van der Waals surface area contributed by atoms with Crippen molar-refractivity contribution in [3.63, 3.8) is 0 Å². The average Bonchev–Trinajstić information content (AvgIpc) is 3.16. The van der Waals surface area contributed by atoms with Gasteiger partial charge in [0.05, 0.1) is 32.5 Å². The lowest BCUT2D eigenvalue weighted by Gasteiger charge is -2.27. The van der Waals surface area contributed by atoms with Crippen molar-refractivity contribution in [2.45, 2.75) is 6.54 Å². The number of nitrogens with one attached hydrogen (secondary N) is 1. The van der Waals surface area contributed by atoms with Crippen LogP contribution in [0.1, 0.15) is 15.9 Å². The normalized spacial score (nSPS) is 13.8. The summed E-state index contributed by atoms with van der Waals surface area (Å²) in [6.07, 6.45) is 3.38. The third kappa shape index (κ3) is 4.28. The Labute approximate surface area is 175 Å². The monoisotopic (exact) mass is 417 g/mol. The number of methoxy groups -OCH3 is 2. The van der Waals surface area contributed by atoms with Gasteiger partial charge >= 0.3 is 0 Å². The summed E-state index contributed by atoms with van der Waals surface area (Å²) in [5.74, 6) is 1.48. The van der Waals surface area contributed by atoms with Gasteiger partial charge < -0.3 is 19.7 Å². The molecule has 1 aliphatic heterocycles. The fourth-order valence-electron chi connectivity index (χ4n) is 3.40. The summed E-state index contributed by atoms with van der Waals surface area (Å²) in [4.78, 5) is 19.1. The Morgan fingerprint density at radius 3 is 2.66 bits per heavy atom. The molecule has 1 saturated heterocycles. The van der Waals surface area contributed by atoms with Gasteiger partial charge in [-0.1, -0.05) is 0 Å². The SMILES string of the molecule is COc1ccc(Cn2ncc3cc(C(=O)N4CCNCC4)cnc32)c(OC)c1.Cl. The molecule has 4 rings (SSSR count).